The predicted molar refractivity (Wildman–Crippen MR) is 98.0 cm³/mol. The first-order valence-electron chi connectivity index (χ1n) is 8.31. The number of carbonyl (C=O) groups excluding carboxylic acids is 4. The van der Waals surface area contributed by atoms with Crippen LogP contribution in [0.1, 0.15) is 40.0 Å². The van der Waals surface area contributed by atoms with E-state index in [0.717, 1.165) is 10.7 Å². The number of nitrogens with zero attached hydrogens (tertiary/aromatic N) is 1. The molecule has 0 bridgehead atoms. The lowest BCUT2D eigenvalue weighted by Crippen LogP contribution is -2.42. The first kappa shape index (κ1) is 20.0. The van der Waals surface area contributed by atoms with E-state index in [1.165, 1.54) is 7.11 Å². The van der Waals surface area contributed by atoms with Crippen LogP contribution >= 0.6 is 11.8 Å². The van der Waals surface area contributed by atoms with E-state index in [9.17, 15) is 19.2 Å². The molecule has 3 amide bonds. The van der Waals surface area contributed by atoms with Crippen molar-refractivity contribution in [3.8, 4) is 0 Å². The van der Waals surface area contributed by atoms with E-state index in [1.807, 2.05) is 6.26 Å². The summed E-state index contributed by atoms with van der Waals surface area (Å²) in [6.45, 7) is 0.160. The zero-order valence-corrected chi connectivity index (χ0v) is 15.6. The van der Waals surface area contributed by atoms with Crippen molar-refractivity contribution in [1.82, 2.24) is 10.2 Å². The minimum absolute atomic E-state index is 0.111. The molecule has 1 heterocycles. The highest BCUT2D eigenvalue weighted by Gasteiger charge is 2.34. The molecular weight excluding hydrogens is 356 g/mol. The number of rotatable bonds is 9. The van der Waals surface area contributed by atoms with Gasteiger partial charge < -0.3 is 10.1 Å². The van der Waals surface area contributed by atoms with Gasteiger partial charge in [0.05, 0.1) is 18.2 Å². The number of hydrogen-bond acceptors (Lipinski definition) is 6. The average Bonchev–Trinajstić information content (AvgIpc) is 2.89. The van der Waals surface area contributed by atoms with Crippen molar-refractivity contribution in [3.63, 3.8) is 0 Å². The van der Waals surface area contributed by atoms with E-state index >= 15 is 0 Å². The van der Waals surface area contributed by atoms with Crippen LogP contribution in [0.15, 0.2) is 24.3 Å². The van der Waals surface area contributed by atoms with Crippen LogP contribution < -0.4 is 5.32 Å². The first-order chi connectivity index (χ1) is 12.5. The number of fused-ring (bicyclic) bond motifs is 1. The number of methoxy groups -OCH3 is 1. The van der Waals surface area contributed by atoms with Gasteiger partial charge in [-0.3, -0.25) is 19.3 Å². The van der Waals surface area contributed by atoms with Gasteiger partial charge in [-0.05, 0) is 37.0 Å². The van der Waals surface area contributed by atoms with Crippen LogP contribution in [0.2, 0.25) is 0 Å². The highest BCUT2D eigenvalue weighted by atomic mass is 32.2. The summed E-state index contributed by atoms with van der Waals surface area (Å²) in [5.41, 5.74) is 0.787. The Bertz CT molecular complexity index is 672. The van der Waals surface area contributed by atoms with E-state index in [-0.39, 0.29) is 30.7 Å². The summed E-state index contributed by atoms with van der Waals surface area (Å²) in [6, 6.07) is 5.98. The standard InChI is InChI=1S/C18H22N2O5S/c1-25-18(24)14(9-11-26-2)19-15(21)8-5-10-20-16(22)12-6-3-4-7-13(12)17(20)23/h3-4,6-7,14H,5,8-11H2,1-2H3,(H,19,21)/t14-/m1/s1. The molecule has 0 aromatic heterocycles. The number of benzene rings is 1. The average molecular weight is 378 g/mol. The monoisotopic (exact) mass is 378 g/mol. The zero-order valence-electron chi connectivity index (χ0n) is 14.8. The minimum Gasteiger partial charge on any atom is -0.467 e. The lowest BCUT2D eigenvalue weighted by Gasteiger charge is -2.17. The lowest BCUT2D eigenvalue weighted by atomic mass is 10.1. The minimum atomic E-state index is -0.681. The second-order valence-electron chi connectivity index (χ2n) is 5.84. The van der Waals surface area contributed by atoms with Crippen LogP contribution in [0.4, 0.5) is 0 Å². The maximum atomic E-state index is 12.2. The summed E-state index contributed by atoms with van der Waals surface area (Å²) in [4.78, 5) is 49.4. The van der Waals surface area contributed by atoms with Crippen molar-refractivity contribution in [2.75, 3.05) is 25.7 Å². The third kappa shape index (κ3) is 4.63. The van der Waals surface area contributed by atoms with Crippen molar-refractivity contribution in [2.24, 2.45) is 0 Å². The Morgan fingerprint density at radius 2 is 1.81 bits per heavy atom. The second-order valence-corrected chi connectivity index (χ2v) is 6.82. The normalized spacial score (nSPS) is 14.2. The molecule has 1 aromatic carbocycles. The van der Waals surface area contributed by atoms with Gasteiger partial charge in [-0.2, -0.15) is 11.8 Å². The number of nitrogens with one attached hydrogen (secondary N) is 1. The quantitative estimate of drug-likeness (QED) is 0.517. The van der Waals surface area contributed by atoms with Crippen LogP contribution in [0.5, 0.6) is 0 Å². The Balaban J connectivity index is 1.84. The van der Waals surface area contributed by atoms with Crippen molar-refractivity contribution in [2.45, 2.75) is 25.3 Å². The molecule has 0 aliphatic carbocycles. The maximum Gasteiger partial charge on any atom is 0.328 e. The second kappa shape index (κ2) is 9.38. The molecule has 0 radical (unpaired) electrons. The van der Waals surface area contributed by atoms with Crippen LogP contribution in [0, 0.1) is 0 Å². The Morgan fingerprint density at radius 1 is 1.19 bits per heavy atom. The maximum absolute atomic E-state index is 12.2. The van der Waals surface area contributed by atoms with Gasteiger partial charge >= 0.3 is 5.97 Å². The topological polar surface area (TPSA) is 92.8 Å². The molecule has 1 aliphatic rings. The summed E-state index contributed by atoms with van der Waals surface area (Å²) in [6.07, 6.45) is 2.84. The van der Waals surface area contributed by atoms with E-state index in [0.29, 0.717) is 24.0 Å². The first-order valence-corrected chi connectivity index (χ1v) is 9.70. The molecule has 1 aliphatic heterocycles. The molecule has 1 aromatic rings. The SMILES string of the molecule is COC(=O)[C@@H](CCSC)NC(=O)CCCN1C(=O)c2ccccc2C1=O. The summed E-state index contributed by atoms with van der Waals surface area (Å²) in [7, 11) is 1.28. The molecule has 140 valence electrons. The van der Waals surface area contributed by atoms with E-state index < -0.39 is 12.0 Å². The van der Waals surface area contributed by atoms with Gasteiger partial charge in [0.2, 0.25) is 5.91 Å². The predicted octanol–water partition coefficient (Wildman–Crippen LogP) is 1.47. The number of thioether (sulfide) groups is 1. The molecule has 8 heteroatoms. The highest BCUT2D eigenvalue weighted by Crippen LogP contribution is 2.22. The third-order valence-electron chi connectivity index (χ3n) is 4.10. The summed E-state index contributed by atoms with van der Waals surface area (Å²) in [5.74, 6) is -0.738. The summed E-state index contributed by atoms with van der Waals surface area (Å²) >= 11 is 1.57. The molecule has 0 saturated heterocycles. The molecule has 1 atom stereocenters. The van der Waals surface area contributed by atoms with Gasteiger partial charge in [-0.25, -0.2) is 4.79 Å². The number of ether oxygens (including phenoxy) is 1. The Morgan fingerprint density at radius 3 is 2.35 bits per heavy atom. The molecule has 0 saturated carbocycles. The zero-order chi connectivity index (χ0) is 19.1. The number of amides is 3. The van der Waals surface area contributed by atoms with Crippen molar-refractivity contribution in [1.29, 1.82) is 0 Å². The van der Waals surface area contributed by atoms with E-state index in [1.54, 1.807) is 36.0 Å². The molecule has 26 heavy (non-hydrogen) atoms. The van der Waals surface area contributed by atoms with Crippen LogP contribution in [-0.4, -0.2) is 60.3 Å². The molecule has 1 N–H and O–H groups in total. The Hall–Kier alpha value is -2.35. The Labute approximate surface area is 156 Å². The lowest BCUT2D eigenvalue weighted by molar-refractivity contribution is -0.145. The van der Waals surface area contributed by atoms with Crippen molar-refractivity contribution in [3.05, 3.63) is 35.4 Å². The number of hydrogen-bond donors (Lipinski definition) is 1. The molecule has 0 spiro atoms. The molecular formula is C18H22N2O5S. The number of imide groups is 1. The Kier molecular flexibility index (Phi) is 7.20. The molecule has 7 nitrogen and oxygen atoms in total. The number of esters is 1. The van der Waals surface area contributed by atoms with Gasteiger partial charge in [0.15, 0.2) is 0 Å². The van der Waals surface area contributed by atoms with Gasteiger partial charge in [-0.1, -0.05) is 12.1 Å². The van der Waals surface area contributed by atoms with Gasteiger partial charge in [-0.15, -0.1) is 0 Å². The fraction of sp³-hybridized carbons (Fsp3) is 0.444. The van der Waals surface area contributed by atoms with Crippen LogP contribution in [0.25, 0.3) is 0 Å². The molecule has 2 rings (SSSR count). The summed E-state index contributed by atoms with van der Waals surface area (Å²) in [5, 5.41) is 2.65. The molecule has 0 unspecified atom stereocenters. The molecule has 0 fully saturated rings. The number of carbonyl (C=O) groups is 4. The largest absolute Gasteiger partial charge is 0.467 e. The van der Waals surface area contributed by atoms with E-state index in [2.05, 4.69) is 5.32 Å². The van der Waals surface area contributed by atoms with Gasteiger partial charge in [0.25, 0.3) is 11.8 Å². The van der Waals surface area contributed by atoms with Crippen LogP contribution in [0.3, 0.4) is 0 Å². The van der Waals surface area contributed by atoms with Crippen molar-refractivity contribution < 1.29 is 23.9 Å². The van der Waals surface area contributed by atoms with Gasteiger partial charge in [0, 0.05) is 13.0 Å². The van der Waals surface area contributed by atoms with E-state index in [4.69, 9.17) is 4.74 Å². The van der Waals surface area contributed by atoms with Crippen LogP contribution in [-0.2, 0) is 14.3 Å². The third-order valence-corrected chi connectivity index (χ3v) is 4.74. The fourth-order valence-electron chi connectivity index (χ4n) is 2.73. The fourth-order valence-corrected chi connectivity index (χ4v) is 3.20. The van der Waals surface area contributed by atoms with Gasteiger partial charge in [0.1, 0.15) is 6.04 Å². The highest BCUT2D eigenvalue weighted by molar-refractivity contribution is 7.98. The smallest absolute Gasteiger partial charge is 0.328 e. The summed E-state index contributed by atoms with van der Waals surface area (Å²) < 4.78 is 4.70. The van der Waals surface area contributed by atoms with Crippen molar-refractivity contribution >= 4 is 35.5 Å².